The second-order valence-electron chi connectivity index (χ2n) is 4.20. The highest BCUT2D eigenvalue weighted by molar-refractivity contribution is 9.10. The molecule has 2 aromatic carbocycles. The summed E-state index contributed by atoms with van der Waals surface area (Å²) in [5, 5.41) is 29.1. The maximum absolute atomic E-state index is 11.1. The van der Waals surface area contributed by atoms with Gasteiger partial charge in [-0.2, -0.15) is 0 Å². The van der Waals surface area contributed by atoms with Gasteiger partial charge in [-0.3, -0.25) is 4.79 Å². The summed E-state index contributed by atoms with van der Waals surface area (Å²) in [5.41, 5.74) is 1.39. The summed E-state index contributed by atoms with van der Waals surface area (Å²) in [5.74, 6) is -0.527. The van der Waals surface area contributed by atoms with Gasteiger partial charge in [0.1, 0.15) is 5.75 Å². The zero-order chi connectivity index (χ0) is 14.9. The molecule has 0 aromatic heterocycles. The SMILES string of the molecule is O=Cc1cc(Br)c(O)c(O)c1Cc1ccc(O)c(Br)c1. The molecule has 0 heterocycles. The van der Waals surface area contributed by atoms with E-state index in [-0.39, 0.29) is 33.7 Å². The first-order chi connectivity index (χ1) is 9.43. The Bertz CT molecular complexity index is 683. The minimum atomic E-state index is -0.328. The van der Waals surface area contributed by atoms with Crippen molar-refractivity contribution in [1.29, 1.82) is 0 Å². The van der Waals surface area contributed by atoms with Gasteiger partial charge in [-0.1, -0.05) is 6.07 Å². The van der Waals surface area contributed by atoms with Crippen LogP contribution < -0.4 is 0 Å². The standard InChI is InChI=1S/C14H10Br2O4/c15-10-4-7(1-2-12(10)18)3-9-8(6-17)5-11(16)14(20)13(9)19/h1-2,4-6,18-20H,3H2. The highest BCUT2D eigenvalue weighted by atomic mass is 79.9. The average molecular weight is 402 g/mol. The molecule has 0 bridgehead atoms. The molecule has 4 nitrogen and oxygen atoms in total. The van der Waals surface area contributed by atoms with E-state index in [2.05, 4.69) is 31.9 Å². The van der Waals surface area contributed by atoms with Gasteiger partial charge in [-0.15, -0.1) is 0 Å². The molecule has 6 heteroatoms. The Morgan fingerprint density at radius 2 is 1.70 bits per heavy atom. The molecule has 0 radical (unpaired) electrons. The van der Waals surface area contributed by atoms with Gasteiger partial charge in [0.25, 0.3) is 0 Å². The number of aldehydes is 1. The Morgan fingerprint density at radius 3 is 2.30 bits per heavy atom. The van der Waals surface area contributed by atoms with Crippen molar-refractivity contribution < 1.29 is 20.1 Å². The lowest BCUT2D eigenvalue weighted by Gasteiger charge is -2.11. The van der Waals surface area contributed by atoms with Gasteiger partial charge < -0.3 is 15.3 Å². The molecule has 104 valence electrons. The van der Waals surface area contributed by atoms with E-state index in [1.807, 2.05) is 0 Å². The van der Waals surface area contributed by atoms with Crippen LogP contribution in [0.4, 0.5) is 0 Å². The van der Waals surface area contributed by atoms with E-state index in [0.29, 0.717) is 16.3 Å². The fourth-order valence-corrected chi connectivity index (χ4v) is 2.70. The van der Waals surface area contributed by atoms with E-state index in [1.165, 1.54) is 12.1 Å². The van der Waals surface area contributed by atoms with Crippen molar-refractivity contribution in [2.75, 3.05) is 0 Å². The molecule has 0 unspecified atom stereocenters. The number of aromatic hydroxyl groups is 3. The summed E-state index contributed by atoms with van der Waals surface area (Å²) in [6.45, 7) is 0. The lowest BCUT2D eigenvalue weighted by atomic mass is 9.99. The van der Waals surface area contributed by atoms with Crippen molar-refractivity contribution >= 4 is 38.1 Å². The van der Waals surface area contributed by atoms with Crippen LogP contribution in [0.2, 0.25) is 0 Å². The Kier molecular flexibility index (Phi) is 4.35. The van der Waals surface area contributed by atoms with Gasteiger partial charge in [0.2, 0.25) is 0 Å². The van der Waals surface area contributed by atoms with Gasteiger partial charge >= 0.3 is 0 Å². The number of carbonyl (C=O) groups is 1. The number of phenolic OH excluding ortho intramolecular Hbond substituents is 3. The first-order valence-corrected chi connectivity index (χ1v) is 7.18. The summed E-state index contributed by atoms with van der Waals surface area (Å²) < 4.78 is 0.774. The molecule has 0 spiro atoms. The number of benzene rings is 2. The van der Waals surface area contributed by atoms with Crippen LogP contribution in [0.1, 0.15) is 21.5 Å². The average Bonchev–Trinajstić information content (AvgIpc) is 2.43. The number of hydrogen-bond donors (Lipinski definition) is 3. The third kappa shape index (κ3) is 2.81. The predicted molar refractivity (Wildman–Crippen MR) is 81.5 cm³/mol. The summed E-state index contributed by atoms with van der Waals surface area (Å²) in [7, 11) is 0. The molecule has 2 aromatic rings. The number of phenols is 3. The quantitative estimate of drug-likeness (QED) is 0.540. The molecule has 2 rings (SSSR count). The van der Waals surface area contributed by atoms with E-state index < -0.39 is 0 Å². The first-order valence-electron chi connectivity index (χ1n) is 5.60. The fraction of sp³-hybridized carbons (Fsp3) is 0.0714. The van der Waals surface area contributed by atoms with Gasteiger partial charge in [0.15, 0.2) is 17.8 Å². The Balaban J connectivity index is 2.49. The molecule has 3 N–H and O–H groups in total. The maximum atomic E-state index is 11.1. The van der Waals surface area contributed by atoms with Crippen molar-refractivity contribution in [2.45, 2.75) is 6.42 Å². The van der Waals surface area contributed by atoms with Crippen molar-refractivity contribution in [2.24, 2.45) is 0 Å². The summed E-state index contributed by atoms with van der Waals surface area (Å²) in [6.07, 6.45) is 0.869. The van der Waals surface area contributed by atoms with Crippen molar-refractivity contribution in [3.05, 3.63) is 49.9 Å². The third-order valence-corrected chi connectivity index (χ3v) is 4.13. The van der Waals surface area contributed by atoms with Crippen molar-refractivity contribution in [3.8, 4) is 17.2 Å². The minimum absolute atomic E-state index is 0.104. The Morgan fingerprint density at radius 1 is 1.00 bits per heavy atom. The molecule has 0 aliphatic heterocycles. The van der Waals surface area contributed by atoms with Gasteiger partial charge in [-0.05, 0) is 55.6 Å². The van der Waals surface area contributed by atoms with Gasteiger partial charge in [0.05, 0.1) is 8.95 Å². The zero-order valence-corrected chi connectivity index (χ0v) is 13.3. The van der Waals surface area contributed by atoms with Crippen LogP contribution >= 0.6 is 31.9 Å². The second kappa shape index (κ2) is 5.85. The number of halogens is 2. The van der Waals surface area contributed by atoms with Crippen LogP contribution in [0.3, 0.4) is 0 Å². The lowest BCUT2D eigenvalue weighted by Crippen LogP contribution is -1.96. The predicted octanol–water partition coefficient (Wildman–Crippen LogP) is 3.73. The molecule has 0 amide bonds. The topological polar surface area (TPSA) is 77.8 Å². The van der Waals surface area contributed by atoms with Crippen molar-refractivity contribution in [1.82, 2.24) is 0 Å². The van der Waals surface area contributed by atoms with E-state index >= 15 is 0 Å². The first kappa shape index (κ1) is 14.9. The number of hydrogen-bond acceptors (Lipinski definition) is 4. The van der Waals surface area contributed by atoms with Crippen molar-refractivity contribution in [3.63, 3.8) is 0 Å². The zero-order valence-electron chi connectivity index (χ0n) is 10.1. The molecule has 0 fully saturated rings. The summed E-state index contributed by atoms with van der Waals surface area (Å²) >= 11 is 6.27. The highest BCUT2D eigenvalue weighted by Crippen LogP contribution is 2.39. The fourth-order valence-electron chi connectivity index (χ4n) is 1.84. The van der Waals surface area contributed by atoms with Gasteiger partial charge in [-0.25, -0.2) is 0 Å². The van der Waals surface area contributed by atoms with Crippen LogP contribution in [0, 0.1) is 0 Å². The summed E-state index contributed by atoms with van der Waals surface area (Å²) in [6, 6.07) is 6.32. The second-order valence-corrected chi connectivity index (χ2v) is 5.91. The van der Waals surface area contributed by atoms with Gasteiger partial charge in [0, 0.05) is 17.5 Å². The third-order valence-electron chi connectivity index (χ3n) is 2.89. The molecular weight excluding hydrogens is 392 g/mol. The molecular formula is C14H10Br2O4. The molecule has 0 aliphatic carbocycles. The maximum Gasteiger partial charge on any atom is 0.172 e. The molecule has 0 aliphatic rings. The van der Waals surface area contributed by atoms with Crippen LogP contribution in [0.25, 0.3) is 0 Å². The van der Waals surface area contributed by atoms with Crippen LogP contribution in [-0.4, -0.2) is 21.6 Å². The van der Waals surface area contributed by atoms with E-state index in [4.69, 9.17) is 0 Å². The molecule has 20 heavy (non-hydrogen) atoms. The van der Waals surface area contributed by atoms with E-state index in [0.717, 1.165) is 5.56 Å². The number of rotatable bonds is 3. The highest BCUT2D eigenvalue weighted by Gasteiger charge is 2.16. The largest absolute Gasteiger partial charge is 0.507 e. The van der Waals surface area contributed by atoms with Crippen LogP contribution in [0.15, 0.2) is 33.2 Å². The lowest BCUT2D eigenvalue weighted by molar-refractivity contribution is 0.112. The van der Waals surface area contributed by atoms with E-state index in [9.17, 15) is 20.1 Å². The molecule has 0 saturated carbocycles. The normalized spacial score (nSPS) is 10.5. The van der Waals surface area contributed by atoms with Crippen LogP contribution in [0.5, 0.6) is 17.2 Å². The van der Waals surface area contributed by atoms with Crippen LogP contribution in [-0.2, 0) is 6.42 Å². The smallest absolute Gasteiger partial charge is 0.172 e. The number of carbonyl (C=O) groups excluding carboxylic acids is 1. The Labute approximate surface area is 131 Å². The molecule has 0 saturated heterocycles. The molecule has 0 atom stereocenters. The Hall–Kier alpha value is -1.53. The summed E-state index contributed by atoms with van der Waals surface area (Å²) in [4.78, 5) is 11.1. The monoisotopic (exact) mass is 400 g/mol. The minimum Gasteiger partial charge on any atom is -0.507 e. The van der Waals surface area contributed by atoms with E-state index in [1.54, 1.807) is 12.1 Å².